The highest BCUT2D eigenvalue weighted by Crippen LogP contribution is 2.62. The predicted molar refractivity (Wildman–Crippen MR) is 93.1 cm³/mol. The van der Waals surface area contributed by atoms with E-state index in [9.17, 15) is 9.90 Å². The molecule has 0 amide bonds. The molecule has 2 N–H and O–H groups in total. The van der Waals surface area contributed by atoms with Crippen LogP contribution in [0.15, 0.2) is 6.20 Å². The summed E-state index contributed by atoms with van der Waals surface area (Å²) >= 11 is 0. The number of rotatable bonds is 3. The van der Waals surface area contributed by atoms with E-state index in [0.29, 0.717) is 32.1 Å². The van der Waals surface area contributed by atoms with E-state index in [4.69, 9.17) is 0 Å². The van der Waals surface area contributed by atoms with Crippen LogP contribution in [0, 0.1) is 5.92 Å². The SMILES string of the molecule is O=C(O)c1ncc(NC23CC4CC(F)(CC(F)(C4)C2)C3)c2c1CCCC2. The molecule has 140 valence electrons. The Kier molecular flexibility index (Phi) is 3.27. The minimum absolute atomic E-state index is 0.0360. The summed E-state index contributed by atoms with van der Waals surface area (Å²) in [7, 11) is 0. The van der Waals surface area contributed by atoms with Crippen molar-refractivity contribution in [1.29, 1.82) is 0 Å². The molecule has 2 atom stereocenters. The summed E-state index contributed by atoms with van der Waals surface area (Å²) in [4.78, 5) is 15.7. The minimum atomic E-state index is -1.41. The number of alkyl halides is 2. The smallest absolute Gasteiger partial charge is 0.354 e. The zero-order valence-electron chi connectivity index (χ0n) is 14.8. The van der Waals surface area contributed by atoms with Gasteiger partial charge in [0.25, 0.3) is 0 Å². The molecule has 0 saturated heterocycles. The highest BCUT2D eigenvalue weighted by atomic mass is 19.2. The standard InChI is InChI=1S/C20H24F2N2O2/c21-18-5-12-6-19(22,9-18)11-20(7-12,10-18)24-15-8-23-16(17(25)26)14-4-2-1-3-13(14)15/h8,12,24H,1-7,9-11H2,(H,25,26). The average molecular weight is 362 g/mol. The van der Waals surface area contributed by atoms with Gasteiger partial charge < -0.3 is 10.4 Å². The van der Waals surface area contributed by atoms with Crippen LogP contribution in [0.4, 0.5) is 14.5 Å². The zero-order chi connectivity index (χ0) is 18.2. The first-order valence-electron chi connectivity index (χ1n) is 9.69. The van der Waals surface area contributed by atoms with E-state index in [0.717, 1.165) is 42.5 Å². The number of carbonyl (C=O) groups is 1. The fourth-order valence-electron chi connectivity index (χ4n) is 6.67. The fraction of sp³-hybridized carbons (Fsp3) is 0.700. The van der Waals surface area contributed by atoms with E-state index in [1.165, 1.54) is 0 Å². The molecule has 0 aromatic carbocycles. The summed E-state index contributed by atoms with van der Waals surface area (Å²) in [5.41, 5.74) is -0.687. The number of aromatic nitrogens is 1. The van der Waals surface area contributed by atoms with Gasteiger partial charge in [-0.3, -0.25) is 0 Å². The van der Waals surface area contributed by atoms with Gasteiger partial charge in [0, 0.05) is 24.8 Å². The third-order valence-corrected chi connectivity index (χ3v) is 6.94. The number of halogens is 2. The lowest BCUT2D eigenvalue weighted by Gasteiger charge is -2.61. The van der Waals surface area contributed by atoms with Gasteiger partial charge in [-0.05, 0) is 62.0 Å². The van der Waals surface area contributed by atoms with Gasteiger partial charge >= 0.3 is 5.97 Å². The Labute approximate surface area is 151 Å². The molecule has 4 nitrogen and oxygen atoms in total. The Morgan fingerprint density at radius 1 is 1.08 bits per heavy atom. The van der Waals surface area contributed by atoms with Crippen LogP contribution in [-0.2, 0) is 12.8 Å². The van der Waals surface area contributed by atoms with Gasteiger partial charge in [0.05, 0.1) is 11.9 Å². The van der Waals surface area contributed by atoms with Crippen molar-refractivity contribution in [3.8, 4) is 0 Å². The summed E-state index contributed by atoms with van der Waals surface area (Å²) in [6.07, 6.45) is 7.50. The highest BCUT2D eigenvalue weighted by Gasteiger charge is 2.64. The van der Waals surface area contributed by atoms with Crippen LogP contribution >= 0.6 is 0 Å². The maximum Gasteiger partial charge on any atom is 0.354 e. The molecular weight excluding hydrogens is 338 g/mol. The largest absolute Gasteiger partial charge is 0.477 e. The predicted octanol–water partition coefficient (Wildman–Crippen LogP) is 4.22. The molecule has 0 radical (unpaired) electrons. The Bertz CT molecular complexity index is 778. The zero-order valence-corrected chi connectivity index (χ0v) is 14.8. The number of hydrogen-bond donors (Lipinski definition) is 2. The molecule has 4 bridgehead atoms. The summed E-state index contributed by atoms with van der Waals surface area (Å²) in [5, 5.41) is 12.9. The van der Waals surface area contributed by atoms with Crippen molar-refractivity contribution >= 4 is 11.7 Å². The van der Waals surface area contributed by atoms with Crippen molar-refractivity contribution in [3.05, 3.63) is 23.0 Å². The van der Waals surface area contributed by atoms with Crippen LogP contribution in [0.25, 0.3) is 0 Å². The quantitative estimate of drug-likeness (QED) is 0.845. The Balaban J connectivity index is 1.53. The van der Waals surface area contributed by atoms with Crippen molar-refractivity contribution in [2.24, 2.45) is 5.92 Å². The Morgan fingerprint density at radius 2 is 1.73 bits per heavy atom. The number of anilines is 1. The average Bonchev–Trinajstić information content (AvgIpc) is 2.51. The van der Waals surface area contributed by atoms with Gasteiger partial charge in [-0.2, -0.15) is 0 Å². The molecule has 1 aromatic rings. The first kappa shape index (κ1) is 16.5. The Morgan fingerprint density at radius 3 is 2.35 bits per heavy atom. The van der Waals surface area contributed by atoms with Crippen molar-refractivity contribution in [1.82, 2.24) is 4.98 Å². The topological polar surface area (TPSA) is 62.2 Å². The van der Waals surface area contributed by atoms with Crippen LogP contribution in [0.1, 0.15) is 73.0 Å². The molecule has 4 saturated carbocycles. The van der Waals surface area contributed by atoms with Crippen molar-refractivity contribution in [2.45, 2.75) is 81.1 Å². The minimum Gasteiger partial charge on any atom is -0.477 e. The van der Waals surface area contributed by atoms with Gasteiger partial charge in [0.2, 0.25) is 0 Å². The molecule has 1 heterocycles. The molecule has 6 rings (SSSR count). The first-order valence-corrected chi connectivity index (χ1v) is 9.69. The number of pyridine rings is 1. The summed E-state index contributed by atoms with van der Waals surface area (Å²) in [6, 6.07) is 0. The summed E-state index contributed by atoms with van der Waals surface area (Å²) in [5.74, 6) is -0.911. The monoisotopic (exact) mass is 362 g/mol. The van der Waals surface area contributed by atoms with Gasteiger partial charge in [0.15, 0.2) is 5.69 Å². The van der Waals surface area contributed by atoms with Crippen molar-refractivity contribution in [2.75, 3.05) is 5.32 Å². The van der Waals surface area contributed by atoms with E-state index >= 15 is 8.78 Å². The number of fused-ring (bicyclic) bond motifs is 1. The van der Waals surface area contributed by atoms with Gasteiger partial charge in [-0.15, -0.1) is 0 Å². The number of carboxylic acids is 1. The van der Waals surface area contributed by atoms with E-state index in [-0.39, 0.29) is 18.0 Å². The van der Waals surface area contributed by atoms with Crippen LogP contribution < -0.4 is 5.32 Å². The van der Waals surface area contributed by atoms with Crippen molar-refractivity contribution in [3.63, 3.8) is 0 Å². The molecule has 5 aliphatic rings. The second kappa shape index (κ2) is 5.17. The maximum atomic E-state index is 15.2. The van der Waals surface area contributed by atoms with Gasteiger partial charge in [-0.1, -0.05) is 0 Å². The number of nitrogens with zero attached hydrogens (tertiary/aromatic N) is 1. The summed E-state index contributed by atoms with van der Waals surface area (Å²) < 4.78 is 30.4. The molecule has 4 fully saturated rings. The Hall–Kier alpha value is -1.72. The molecule has 1 aromatic heterocycles. The number of nitrogens with one attached hydrogen (secondary N) is 1. The third-order valence-electron chi connectivity index (χ3n) is 6.94. The van der Waals surface area contributed by atoms with E-state index in [1.807, 2.05) is 0 Å². The lowest BCUT2D eigenvalue weighted by Crippen LogP contribution is -2.65. The van der Waals surface area contributed by atoms with Crippen molar-refractivity contribution < 1.29 is 18.7 Å². The van der Waals surface area contributed by atoms with E-state index < -0.39 is 22.8 Å². The first-order chi connectivity index (χ1) is 12.3. The molecule has 26 heavy (non-hydrogen) atoms. The lowest BCUT2D eigenvalue weighted by atomic mass is 9.50. The highest BCUT2D eigenvalue weighted by molar-refractivity contribution is 5.88. The molecule has 5 aliphatic carbocycles. The van der Waals surface area contributed by atoms with Crippen LogP contribution in [-0.4, -0.2) is 32.9 Å². The molecule has 2 unspecified atom stereocenters. The van der Waals surface area contributed by atoms with Crippen LogP contribution in [0.2, 0.25) is 0 Å². The van der Waals surface area contributed by atoms with Gasteiger partial charge in [0.1, 0.15) is 11.3 Å². The van der Waals surface area contributed by atoms with E-state index in [1.54, 1.807) is 6.20 Å². The molecule has 6 heteroatoms. The third kappa shape index (κ3) is 2.44. The maximum absolute atomic E-state index is 15.2. The normalized spacial score (nSPS) is 40.3. The van der Waals surface area contributed by atoms with Gasteiger partial charge in [-0.25, -0.2) is 18.6 Å². The lowest BCUT2D eigenvalue weighted by molar-refractivity contribution is -0.137. The number of hydrogen-bond acceptors (Lipinski definition) is 3. The molecule has 0 spiro atoms. The number of aromatic carboxylic acids is 1. The van der Waals surface area contributed by atoms with Crippen LogP contribution in [0.3, 0.4) is 0 Å². The summed E-state index contributed by atoms with van der Waals surface area (Å²) in [6.45, 7) is 0. The molecular formula is C20H24F2N2O2. The fourth-order valence-corrected chi connectivity index (χ4v) is 6.67. The second-order valence-electron chi connectivity index (χ2n) is 9.21. The number of carboxylic acid groups (broad SMARTS) is 1. The van der Waals surface area contributed by atoms with Crippen LogP contribution in [0.5, 0.6) is 0 Å². The van der Waals surface area contributed by atoms with E-state index in [2.05, 4.69) is 10.3 Å². The molecule has 0 aliphatic heterocycles. The second-order valence-corrected chi connectivity index (χ2v) is 9.21.